The summed E-state index contributed by atoms with van der Waals surface area (Å²) in [6.07, 6.45) is 8.70. The van der Waals surface area contributed by atoms with Crippen LogP contribution in [0.3, 0.4) is 0 Å². The largest absolute Gasteiger partial charge is 0.504 e. The first-order valence-corrected chi connectivity index (χ1v) is 10.7. The van der Waals surface area contributed by atoms with Crippen molar-refractivity contribution in [3.8, 4) is 11.5 Å². The van der Waals surface area contributed by atoms with E-state index in [0.717, 1.165) is 51.9 Å². The van der Waals surface area contributed by atoms with E-state index >= 15 is 0 Å². The zero-order valence-corrected chi connectivity index (χ0v) is 17.4. The summed E-state index contributed by atoms with van der Waals surface area (Å²) in [6.45, 7) is 3.84. The smallest absolute Gasteiger partial charge is 0.252 e. The summed E-state index contributed by atoms with van der Waals surface area (Å²) in [5.41, 5.74) is 0.665. The van der Waals surface area contributed by atoms with Gasteiger partial charge in [0.15, 0.2) is 11.5 Å². The second kappa shape index (κ2) is 9.15. The van der Waals surface area contributed by atoms with E-state index in [1.165, 1.54) is 25.0 Å². The summed E-state index contributed by atoms with van der Waals surface area (Å²) in [7, 11) is 1.80. The van der Waals surface area contributed by atoms with Gasteiger partial charge in [-0.1, -0.05) is 0 Å². The van der Waals surface area contributed by atoms with Crippen molar-refractivity contribution in [2.45, 2.75) is 38.5 Å². The van der Waals surface area contributed by atoms with Crippen molar-refractivity contribution >= 4 is 24.1 Å². The number of hydrogen-bond donors (Lipinski definition) is 2. The fourth-order valence-corrected chi connectivity index (χ4v) is 3.78. The van der Waals surface area contributed by atoms with E-state index in [9.17, 15) is 10.2 Å². The molecule has 4 rings (SSSR count). The van der Waals surface area contributed by atoms with Crippen molar-refractivity contribution in [1.29, 1.82) is 0 Å². The van der Waals surface area contributed by atoms with Gasteiger partial charge in [-0.2, -0.15) is 20.1 Å². The lowest BCUT2D eigenvalue weighted by Gasteiger charge is -2.30. The van der Waals surface area contributed by atoms with Crippen molar-refractivity contribution in [2.75, 3.05) is 48.0 Å². The van der Waals surface area contributed by atoms with Gasteiger partial charge in [-0.25, -0.2) is 5.01 Å². The van der Waals surface area contributed by atoms with Crippen LogP contribution in [0.25, 0.3) is 0 Å². The van der Waals surface area contributed by atoms with Crippen molar-refractivity contribution < 1.29 is 10.2 Å². The van der Waals surface area contributed by atoms with Gasteiger partial charge in [-0.3, -0.25) is 0 Å². The molecule has 1 aromatic heterocycles. The van der Waals surface area contributed by atoms with Crippen molar-refractivity contribution in [3.05, 3.63) is 23.8 Å². The highest BCUT2D eigenvalue weighted by atomic mass is 16.3. The van der Waals surface area contributed by atoms with Crippen LogP contribution in [0.1, 0.15) is 44.1 Å². The van der Waals surface area contributed by atoms with Crippen molar-refractivity contribution in [3.63, 3.8) is 0 Å². The molecule has 0 atom stereocenters. The Morgan fingerprint density at radius 3 is 1.93 bits per heavy atom. The first-order valence-electron chi connectivity index (χ1n) is 10.7. The standard InChI is InChI=1S/C21H29N7O2/c1-26(22-15-16-8-9-17(29)18(30)14-16)19-23-20(27-10-4-2-5-11-27)25-21(24-19)28-12-6-3-7-13-28/h8-9,14-15,29-30H,2-7,10-13H2,1H3. The Labute approximate surface area is 176 Å². The number of nitrogens with zero attached hydrogens (tertiary/aromatic N) is 7. The molecule has 0 radical (unpaired) electrons. The highest BCUT2D eigenvalue weighted by molar-refractivity contribution is 5.81. The molecule has 0 bridgehead atoms. The third kappa shape index (κ3) is 4.72. The van der Waals surface area contributed by atoms with Crippen molar-refractivity contribution in [2.24, 2.45) is 5.10 Å². The van der Waals surface area contributed by atoms with Crippen LogP contribution in [0.2, 0.25) is 0 Å². The van der Waals surface area contributed by atoms with Crippen molar-refractivity contribution in [1.82, 2.24) is 15.0 Å². The first kappa shape index (κ1) is 20.2. The van der Waals surface area contributed by atoms with E-state index in [-0.39, 0.29) is 11.5 Å². The highest BCUT2D eigenvalue weighted by Crippen LogP contribution is 2.25. The van der Waals surface area contributed by atoms with Gasteiger partial charge in [0, 0.05) is 33.2 Å². The van der Waals surface area contributed by atoms with Crippen LogP contribution in [-0.2, 0) is 0 Å². The maximum atomic E-state index is 9.67. The van der Waals surface area contributed by atoms with Gasteiger partial charge in [-0.05, 0) is 62.3 Å². The maximum Gasteiger partial charge on any atom is 0.252 e. The molecule has 0 amide bonds. The monoisotopic (exact) mass is 411 g/mol. The Kier molecular flexibility index (Phi) is 6.15. The van der Waals surface area contributed by atoms with Crippen LogP contribution in [-0.4, -0.2) is 64.6 Å². The Morgan fingerprint density at radius 1 is 0.833 bits per heavy atom. The van der Waals surface area contributed by atoms with Crippen LogP contribution in [0.4, 0.5) is 17.8 Å². The molecule has 0 aliphatic carbocycles. The number of anilines is 3. The van der Waals surface area contributed by atoms with E-state index in [0.29, 0.717) is 23.4 Å². The number of rotatable bonds is 5. The van der Waals surface area contributed by atoms with Gasteiger partial charge in [-0.15, -0.1) is 0 Å². The quantitative estimate of drug-likeness (QED) is 0.440. The average molecular weight is 412 g/mol. The molecule has 160 valence electrons. The maximum absolute atomic E-state index is 9.67. The van der Waals surface area contributed by atoms with Gasteiger partial charge in [0.05, 0.1) is 6.21 Å². The van der Waals surface area contributed by atoms with E-state index in [1.54, 1.807) is 24.3 Å². The molecule has 2 aliphatic rings. The lowest BCUT2D eigenvalue weighted by atomic mass is 10.1. The van der Waals surface area contributed by atoms with Crippen LogP contribution >= 0.6 is 0 Å². The van der Waals surface area contributed by atoms with Gasteiger partial charge in [0.2, 0.25) is 11.9 Å². The summed E-state index contributed by atoms with van der Waals surface area (Å²) in [5, 5.41) is 25.2. The lowest BCUT2D eigenvalue weighted by molar-refractivity contribution is 0.403. The molecule has 0 saturated carbocycles. The molecule has 9 heteroatoms. The number of phenols is 2. The minimum absolute atomic E-state index is 0.157. The summed E-state index contributed by atoms with van der Waals surface area (Å²) in [5.74, 6) is 1.58. The van der Waals surface area contributed by atoms with E-state index in [1.807, 2.05) is 0 Å². The topological polar surface area (TPSA) is 101 Å². The van der Waals surface area contributed by atoms with E-state index in [4.69, 9.17) is 15.0 Å². The number of hydrazone groups is 1. The summed E-state index contributed by atoms with van der Waals surface area (Å²) < 4.78 is 0. The summed E-state index contributed by atoms with van der Waals surface area (Å²) in [6, 6.07) is 4.57. The SMILES string of the molecule is CN(N=Cc1ccc(O)c(O)c1)c1nc(N2CCCCC2)nc(N2CCCCC2)n1. The molecular formula is C21H29N7O2. The molecule has 2 fully saturated rings. The average Bonchev–Trinajstić information content (AvgIpc) is 2.80. The lowest BCUT2D eigenvalue weighted by Crippen LogP contribution is -2.35. The first-order chi connectivity index (χ1) is 14.6. The molecule has 0 spiro atoms. The number of phenolic OH excluding ortho intramolecular Hbond substituents is 2. The molecule has 2 aliphatic heterocycles. The fourth-order valence-electron chi connectivity index (χ4n) is 3.78. The van der Waals surface area contributed by atoms with Crippen LogP contribution in [0, 0.1) is 0 Å². The molecule has 30 heavy (non-hydrogen) atoms. The van der Waals surface area contributed by atoms with Gasteiger partial charge < -0.3 is 20.0 Å². The van der Waals surface area contributed by atoms with Crippen LogP contribution < -0.4 is 14.8 Å². The normalized spacial score (nSPS) is 17.5. The Hall–Kier alpha value is -3.10. The molecule has 1 aromatic carbocycles. The molecule has 9 nitrogen and oxygen atoms in total. The fraction of sp³-hybridized carbons (Fsp3) is 0.524. The predicted molar refractivity (Wildman–Crippen MR) is 118 cm³/mol. The number of benzene rings is 1. The summed E-state index contributed by atoms with van der Waals surface area (Å²) >= 11 is 0. The number of aromatic nitrogens is 3. The Morgan fingerprint density at radius 2 is 1.40 bits per heavy atom. The number of hydrogen-bond acceptors (Lipinski definition) is 9. The van der Waals surface area contributed by atoms with Gasteiger partial charge in [0.25, 0.3) is 5.95 Å². The van der Waals surface area contributed by atoms with Gasteiger partial charge >= 0.3 is 0 Å². The van der Waals surface area contributed by atoms with Gasteiger partial charge in [0.1, 0.15) is 0 Å². The van der Waals surface area contributed by atoms with E-state index in [2.05, 4.69) is 14.9 Å². The Bertz CT molecular complexity index is 857. The molecule has 3 heterocycles. The second-order valence-electron chi connectivity index (χ2n) is 7.85. The van der Waals surface area contributed by atoms with Crippen LogP contribution in [0.15, 0.2) is 23.3 Å². The third-order valence-electron chi connectivity index (χ3n) is 5.55. The zero-order valence-electron chi connectivity index (χ0n) is 17.4. The van der Waals surface area contributed by atoms with Crippen LogP contribution in [0.5, 0.6) is 11.5 Å². The number of piperidine rings is 2. The molecule has 2 N–H and O–H groups in total. The summed E-state index contributed by atoms with van der Waals surface area (Å²) in [4.78, 5) is 18.7. The minimum Gasteiger partial charge on any atom is -0.504 e. The minimum atomic E-state index is -0.179. The predicted octanol–water partition coefficient (Wildman–Crippen LogP) is 2.73. The zero-order chi connectivity index (χ0) is 20.9. The second-order valence-corrected chi connectivity index (χ2v) is 7.85. The molecule has 2 aromatic rings. The highest BCUT2D eigenvalue weighted by Gasteiger charge is 2.21. The third-order valence-corrected chi connectivity index (χ3v) is 5.55. The number of aromatic hydroxyl groups is 2. The Balaban J connectivity index is 1.60. The van der Waals surface area contributed by atoms with E-state index < -0.39 is 0 Å². The molecule has 2 saturated heterocycles. The molecular weight excluding hydrogens is 382 g/mol. The molecule has 0 unspecified atom stereocenters.